The van der Waals surface area contributed by atoms with Gasteiger partial charge in [0.25, 0.3) is 10.0 Å². The fraction of sp³-hybridized carbons (Fsp3) is 0.500. The lowest BCUT2D eigenvalue weighted by Crippen LogP contribution is -3.16. The Morgan fingerprint density at radius 2 is 1.81 bits per heavy atom. The summed E-state index contributed by atoms with van der Waals surface area (Å²) in [6.07, 6.45) is 6.27. The molecule has 5 heterocycles. The van der Waals surface area contributed by atoms with Crippen LogP contribution in [0.4, 0.5) is 5.82 Å². The number of rotatable bonds is 5. The molecule has 0 aliphatic carbocycles. The number of hydrogen-bond acceptors (Lipinski definition) is 10. The molecule has 0 unspecified atom stereocenters. The van der Waals surface area contributed by atoms with Crippen LogP contribution < -0.4 is 9.21 Å². The number of anilines is 1. The van der Waals surface area contributed by atoms with Crippen LogP contribution in [0.2, 0.25) is 0 Å². The molecule has 170 valence electrons. The summed E-state index contributed by atoms with van der Waals surface area (Å²) in [5, 5.41) is 1.05. The molecule has 3 aromatic rings. The van der Waals surface area contributed by atoms with Gasteiger partial charge < -0.3 is 9.64 Å². The molecule has 2 aliphatic rings. The summed E-state index contributed by atoms with van der Waals surface area (Å²) in [7, 11) is -3.04. The number of hydrogen-bond donors (Lipinski definition) is 1. The van der Waals surface area contributed by atoms with Crippen LogP contribution in [-0.2, 0) is 21.3 Å². The van der Waals surface area contributed by atoms with E-state index in [0.717, 1.165) is 54.3 Å². The van der Waals surface area contributed by atoms with Crippen molar-refractivity contribution in [1.82, 2.24) is 24.8 Å². The molecule has 2 aliphatic heterocycles. The number of sulfonamides is 1. The lowest BCUT2D eigenvalue weighted by Gasteiger charge is -2.30. The van der Waals surface area contributed by atoms with Crippen molar-refractivity contribution in [2.75, 3.05) is 63.6 Å². The van der Waals surface area contributed by atoms with Crippen molar-refractivity contribution in [2.24, 2.45) is 0 Å². The molecule has 10 nitrogen and oxygen atoms in total. The third kappa shape index (κ3) is 4.59. The largest absolute Gasteiger partial charge is 0.378 e. The summed E-state index contributed by atoms with van der Waals surface area (Å²) in [5.74, 6) is 1.55. The zero-order valence-corrected chi connectivity index (χ0v) is 19.5. The summed E-state index contributed by atoms with van der Waals surface area (Å²) < 4.78 is 29.8. The molecule has 0 radical (unpaired) electrons. The molecule has 32 heavy (non-hydrogen) atoms. The second kappa shape index (κ2) is 8.94. The first-order chi connectivity index (χ1) is 15.5. The second-order valence-electron chi connectivity index (χ2n) is 8.12. The lowest BCUT2D eigenvalue weighted by molar-refractivity contribution is -0.773. The summed E-state index contributed by atoms with van der Waals surface area (Å²) in [5.41, 5.74) is 0.790. The van der Waals surface area contributed by atoms with Gasteiger partial charge in [0.15, 0.2) is 5.82 Å². The number of nitrogens with one attached hydrogen (secondary N) is 1. The maximum atomic E-state index is 11.8. The third-order valence-corrected chi connectivity index (χ3v) is 8.34. The Morgan fingerprint density at radius 1 is 1.09 bits per heavy atom. The number of nitrogens with zero attached hydrogens (tertiary/aromatic N) is 6. The minimum absolute atomic E-state index is 0.612. The second-order valence-corrected chi connectivity index (χ2v) is 11.4. The predicted octanol–water partition coefficient (Wildman–Crippen LogP) is -0.355. The molecule has 3 aromatic heterocycles. The first kappa shape index (κ1) is 21.6. The van der Waals surface area contributed by atoms with E-state index in [9.17, 15) is 8.42 Å². The highest BCUT2D eigenvalue weighted by molar-refractivity contribution is 7.84. The smallest absolute Gasteiger partial charge is 0.292 e. The first-order valence-electron chi connectivity index (χ1n) is 10.6. The summed E-state index contributed by atoms with van der Waals surface area (Å²) >= 11 is 1.67. The van der Waals surface area contributed by atoms with E-state index in [2.05, 4.69) is 25.8 Å². The molecule has 1 N–H and O–H groups in total. The molecule has 0 aromatic carbocycles. The van der Waals surface area contributed by atoms with Gasteiger partial charge >= 0.3 is 0 Å². The van der Waals surface area contributed by atoms with Crippen LogP contribution in [0.5, 0.6) is 0 Å². The van der Waals surface area contributed by atoms with Crippen LogP contribution in [0, 0.1) is 0 Å². The van der Waals surface area contributed by atoms with Gasteiger partial charge in [-0.15, -0.1) is 11.3 Å². The highest BCUT2D eigenvalue weighted by Crippen LogP contribution is 2.34. The van der Waals surface area contributed by atoms with E-state index >= 15 is 0 Å². The molecular weight excluding hydrogens is 450 g/mol. The Balaban J connectivity index is 1.44. The van der Waals surface area contributed by atoms with E-state index in [4.69, 9.17) is 14.7 Å². The van der Waals surface area contributed by atoms with Crippen LogP contribution in [-0.4, -0.2) is 92.0 Å². The van der Waals surface area contributed by atoms with Crippen LogP contribution in [0.15, 0.2) is 24.8 Å². The van der Waals surface area contributed by atoms with Crippen molar-refractivity contribution >= 4 is 37.4 Å². The number of ether oxygens (including phenoxy) is 1. The van der Waals surface area contributed by atoms with Crippen molar-refractivity contribution in [3.63, 3.8) is 0 Å². The SMILES string of the molecule is CS(=O)(=O)[NH+]1CCN(Cc2cc3c(N4CCOCC4)nc(-c4cncnc4)nc3s2)CC1. The van der Waals surface area contributed by atoms with Gasteiger partial charge in [0, 0.05) is 50.0 Å². The Morgan fingerprint density at radius 3 is 2.50 bits per heavy atom. The number of thiophene rings is 1. The van der Waals surface area contributed by atoms with Crippen molar-refractivity contribution in [2.45, 2.75) is 6.54 Å². The third-order valence-electron chi connectivity index (χ3n) is 5.87. The molecule has 0 atom stereocenters. The molecular formula is C20H26N7O3S2+. The highest BCUT2D eigenvalue weighted by Gasteiger charge is 2.27. The van der Waals surface area contributed by atoms with Gasteiger partial charge in [0.1, 0.15) is 30.1 Å². The zero-order valence-electron chi connectivity index (χ0n) is 17.9. The maximum Gasteiger partial charge on any atom is 0.292 e. The zero-order chi connectivity index (χ0) is 22.1. The normalized spacial score (nSPS) is 19.0. The molecule has 2 fully saturated rings. The molecule has 2 saturated heterocycles. The van der Waals surface area contributed by atoms with E-state index in [1.54, 1.807) is 23.7 Å². The summed E-state index contributed by atoms with van der Waals surface area (Å²) in [4.78, 5) is 24.7. The molecule has 0 saturated carbocycles. The van der Waals surface area contributed by atoms with E-state index in [1.807, 2.05) is 0 Å². The van der Waals surface area contributed by atoms with E-state index in [1.165, 1.54) is 17.5 Å². The van der Waals surface area contributed by atoms with Gasteiger partial charge in [0.2, 0.25) is 0 Å². The van der Waals surface area contributed by atoms with Crippen molar-refractivity contribution in [1.29, 1.82) is 0 Å². The van der Waals surface area contributed by atoms with Crippen molar-refractivity contribution < 1.29 is 17.5 Å². The minimum Gasteiger partial charge on any atom is -0.378 e. The Kier molecular flexibility index (Phi) is 6.03. The van der Waals surface area contributed by atoms with Gasteiger partial charge in [-0.1, -0.05) is 0 Å². The van der Waals surface area contributed by atoms with E-state index < -0.39 is 10.0 Å². The van der Waals surface area contributed by atoms with Gasteiger partial charge in [-0.2, -0.15) is 8.42 Å². The lowest BCUT2D eigenvalue weighted by atomic mass is 10.2. The van der Waals surface area contributed by atoms with E-state index in [-0.39, 0.29) is 0 Å². The monoisotopic (exact) mass is 476 g/mol. The number of piperazine rings is 1. The van der Waals surface area contributed by atoms with E-state index in [0.29, 0.717) is 36.4 Å². The topological polar surface area (TPSA) is 106 Å². The molecule has 0 amide bonds. The Hall–Kier alpha value is -2.25. The average molecular weight is 477 g/mol. The van der Waals surface area contributed by atoms with Gasteiger partial charge in [0.05, 0.1) is 30.4 Å². The number of fused-ring (bicyclic) bond motifs is 1. The first-order valence-corrected chi connectivity index (χ1v) is 13.3. The number of aromatic nitrogens is 4. The van der Waals surface area contributed by atoms with Crippen LogP contribution in [0.1, 0.15) is 4.88 Å². The minimum atomic E-state index is -3.04. The number of quaternary nitrogens is 1. The summed E-state index contributed by atoms with van der Waals surface area (Å²) in [6, 6.07) is 2.19. The fourth-order valence-corrected chi connectivity index (χ4v) is 6.13. The molecule has 5 rings (SSSR count). The Bertz CT molecular complexity index is 1190. The highest BCUT2D eigenvalue weighted by atomic mass is 32.2. The van der Waals surface area contributed by atoms with Crippen molar-refractivity contribution in [3.8, 4) is 11.4 Å². The molecule has 0 spiro atoms. The fourth-order valence-electron chi connectivity index (χ4n) is 4.15. The summed E-state index contributed by atoms with van der Waals surface area (Å²) in [6.45, 7) is 6.46. The molecule has 0 bridgehead atoms. The predicted molar refractivity (Wildman–Crippen MR) is 122 cm³/mol. The standard InChI is InChI=1S/C20H25N7O3S2/c1-32(28,29)27-4-2-25(3-5-27)13-16-10-17-19(26-6-8-30-9-7-26)23-18(24-20(17)31-16)15-11-21-14-22-12-15/h10-12,14H,2-9,13H2,1H3/p+1. The van der Waals surface area contributed by atoms with Crippen LogP contribution in [0.25, 0.3) is 21.6 Å². The molecule has 12 heteroatoms. The quantitative estimate of drug-likeness (QED) is 0.529. The number of morpholine rings is 1. The van der Waals surface area contributed by atoms with Gasteiger partial charge in [-0.25, -0.2) is 24.2 Å². The van der Waals surface area contributed by atoms with Gasteiger partial charge in [-0.05, 0) is 6.07 Å². The van der Waals surface area contributed by atoms with Crippen LogP contribution >= 0.6 is 11.3 Å². The van der Waals surface area contributed by atoms with Crippen LogP contribution in [0.3, 0.4) is 0 Å². The Labute approximate surface area is 190 Å². The maximum absolute atomic E-state index is 11.8. The van der Waals surface area contributed by atoms with Crippen molar-refractivity contribution in [3.05, 3.63) is 29.7 Å². The average Bonchev–Trinajstić information content (AvgIpc) is 3.21. The van der Waals surface area contributed by atoms with Gasteiger partial charge in [-0.3, -0.25) is 4.90 Å².